The summed E-state index contributed by atoms with van der Waals surface area (Å²) in [5.74, 6) is 0.639. The Labute approximate surface area is 163 Å². The van der Waals surface area contributed by atoms with Crippen LogP contribution >= 0.6 is 11.6 Å². The summed E-state index contributed by atoms with van der Waals surface area (Å²) in [6, 6.07) is 9.97. The van der Waals surface area contributed by atoms with Gasteiger partial charge in [0.25, 0.3) is 0 Å². The van der Waals surface area contributed by atoms with Crippen LogP contribution in [0.4, 0.5) is 10.7 Å². The minimum absolute atomic E-state index is 0.0257. The molecule has 0 spiro atoms. The maximum absolute atomic E-state index is 13.2. The number of carbonyl (C=O) groups is 1. The number of hydrogen-bond acceptors (Lipinski definition) is 5. The zero-order chi connectivity index (χ0) is 18.8. The van der Waals surface area contributed by atoms with E-state index in [4.69, 9.17) is 11.6 Å². The molecule has 2 aromatic rings. The van der Waals surface area contributed by atoms with E-state index in [-0.39, 0.29) is 18.1 Å². The van der Waals surface area contributed by atoms with Crippen molar-refractivity contribution in [2.24, 2.45) is 5.10 Å². The number of carbonyl (C=O) groups excluding carboxylic acids is 1. The Morgan fingerprint density at radius 2 is 1.89 bits per heavy atom. The first-order valence-corrected chi connectivity index (χ1v) is 9.41. The number of hydrogen-bond donors (Lipinski definition) is 0. The molecule has 2 amide bonds. The van der Waals surface area contributed by atoms with Gasteiger partial charge < -0.3 is 9.80 Å². The summed E-state index contributed by atoms with van der Waals surface area (Å²) in [7, 11) is 0. The lowest BCUT2D eigenvalue weighted by molar-refractivity contribution is 0.121. The average molecular weight is 385 g/mol. The first-order chi connectivity index (χ1) is 13.1. The second-order valence-electron chi connectivity index (χ2n) is 6.78. The molecule has 1 aromatic heterocycles. The Balaban J connectivity index is 1.45. The summed E-state index contributed by atoms with van der Waals surface area (Å²) in [4.78, 5) is 25.7. The SMILES string of the molecule is CC1CN(c2ncc(Cl)cn2)CCN1C(=O)N1N=CCC1c1ccccc1. The van der Waals surface area contributed by atoms with E-state index in [1.807, 2.05) is 48.4 Å². The molecule has 1 saturated heterocycles. The van der Waals surface area contributed by atoms with Crippen molar-refractivity contribution in [3.8, 4) is 0 Å². The lowest BCUT2D eigenvalue weighted by atomic mass is 10.0. The van der Waals surface area contributed by atoms with Gasteiger partial charge in [-0.3, -0.25) is 0 Å². The van der Waals surface area contributed by atoms with Gasteiger partial charge >= 0.3 is 6.03 Å². The quantitative estimate of drug-likeness (QED) is 0.797. The highest BCUT2D eigenvalue weighted by atomic mass is 35.5. The van der Waals surface area contributed by atoms with E-state index in [0.717, 1.165) is 12.0 Å². The van der Waals surface area contributed by atoms with Crippen molar-refractivity contribution in [3.63, 3.8) is 0 Å². The number of benzene rings is 1. The molecule has 4 rings (SSSR count). The van der Waals surface area contributed by atoms with E-state index in [9.17, 15) is 4.79 Å². The van der Waals surface area contributed by atoms with Gasteiger partial charge in [-0.15, -0.1) is 0 Å². The van der Waals surface area contributed by atoms with Crippen molar-refractivity contribution in [2.75, 3.05) is 24.5 Å². The van der Waals surface area contributed by atoms with Crippen molar-refractivity contribution >= 4 is 29.8 Å². The number of amides is 2. The van der Waals surface area contributed by atoms with E-state index < -0.39 is 0 Å². The van der Waals surface area contributed by atoms with Crippen LogP contribution in [0.15, 0.2) is 47.8 Å². The molecule has 7 nitrogen and oxygen atoms in total. The van der Waals surface area contributed by atoms with E-state index in [2.05, 4.69) is 20.0 Å². The van der Waals surface area contributed by atoms with Crippen molar-refractivity contribution in [3.05, 3.63) is 53.3 Å². The van der Waals surface area contributed by atoms with Crippen molar-refractivity contribution in [1.82, 2.24) is 19.9 Å². The molecule has 1 fully saturated rings. The standard InChI is InChI=1S/C19H21ClN6O/c1-14-13-24(18-21-11-16(20)12-22-18)9-10-25(14)19(27)26-17(7-8-23-26)15-5-3-2-4-6-15/h2-6,8,11-12,14,17H,7,9-10,13H2,1H3. The molecule has 1 aromatic carbocycles. The molecular weight excluding hydrogens is 364 g/mol. The number of halogens is 1. The highest BCUT2D eigenvalue weighted by Gasteiger charge is 2.36. The topological polar surface area (TPSA) is 64.9 Å². The zero-order valence-electron chi connectivity index (χ0n) is 15.1. The first kappa shape index (κ1) is 17.7. The predicted molar refractivity (Wildman–Crippen MR) is 105 cm³/mol. The molecule has 2 aliphatic heterocycles. The molecule has 2 aliphatic rings. The number of rotatable bonds is 2. The minimum atomic E-state index is -0.0539. The number of piperazine rings is 1. The van der Waals surface area contributed by atoms with Crippen LogP contribution in [0.3, 0.4) is 0 Å². The highest BCUT2D eigenvalue weighted by molar-refractivity contribution is 6.30. The van der Waals surface area contributed by atoms with Crippen LogP contribution in [-0.4, -0.2) is 57.8 Å². The van der Waals surface area contributed by atoms with Crippen LogP contribution in [0.1, 0.15) is 24.9 Å². The molecule has 0 aliphatic carbocycles. The number of aromatic nitrogens is 2. The Bertz CT molecular complexity index is 828. The summed E-state index contributed by atoms with van der Waals surface area (Å²) < 4.78 is 0. The van der Waals surface area contributed by atoms with Gasteiger partial charge in [-0.1, -0.05) is 41.9 Å². The molecule has 2 atom stereocenters. The van der Waals surface area contributed by atoms with Crippen LogP contribution in [0.25, 0.3) is 0 Å². The normalized spacial score (nSPS) is 22.4. The monoisotopic (exact) mass is 384 g/mol. The fraction of sp³-hybridized carbons (Fsp3) is 0.368. The summed E-state index contributed by atoms with van der Waals surface area (Å²) >= 11 is 5.87. The maximum atomic E-state index is 13.2. The largest absolute Gasteiger partial charge is 0.341 e. The van der Waals surface area contributed by atoms with E-state index in [1.54, 1.807) is 17.4 Å². The van der Waals surface area contributed by atoms with E-state index >= 15 is 0 Å². The molecule has 0 saturated carbocycles. The molecule has 0 radical (unpaired) electrons. The number of anilines is 1. The first-order valence-electron chi connectivity index (χ1n) is 9.03. The predicted octanol–water partition coefficient (Wildman–Crippen LogP) is 3.19. The van der Waals surface area contributed by atoms with Crippen LogP contribution in [0.5, 0.6) is 0 Å². The van der Waals surface area contributed by atoms with Crippen molar-refractivity contribution in [2.45, 2.75) is 25.4 Å². The Morgan fingerprint density at radius 3 is 2.59 bits per heavy atom. The van der Waals surface area contributed by atoms with Gasteiger partial charge in [0, 0.05) is 38.3 Å². The molecule has 140 valence electrons. The Morgan fingerprint density at radius 1 is 1.15 bits per heavy atom. The third-order valence-corrected chi connectivity index (χ3v) is 5.17. The lowest BCUT2D eigenvalue weighted by Gasteiger charge is -2.41. The van der Waals surface area contributed by atoms with Gasteiger partial charge in [0.15, 0.2) is 0 Å². The molecular formula is C19H21ClN6O. The smallest absolute Gasteiger partial charge is 0.337 e. The summed E-state index contributed by atoms with van der Waals surface area (Å²) in [5, 5.41) is 6.48. The fourth-order valence-electron chi connectivity index (χ4n) is 3.57. The van der Waals surface area contributed by atoms with Gasteiger partial charge in [-0.2, -0.15) is 5.10 Å². The molecule has 0 N–H and O–H groups in total. The fourth-order valence-corrected chi connectivity index (χ4v) is 3.67. The van der Waals surface area contributed by atoms with Crippen LogP contribution in [0.2, 0.25) is 5.02 Å². The van der Waals surface area contributed by atoms with E-state index in [0.29, 0.717) is 30.6 Å². The number of urea groups is 1. The van der Waals surface area contributed by atoms with Crippen molar-refractivity contribution in [1.29, 1.82) is 0 Å². The molecule has 0 bridgehead atoms. The highest BCUT2D eigenvalue weighted by Crippen LogP contribution is 2.30. The minimum Gasteiger partial charge on any atom is -0.337 e. The zero-order valence-corrected chi connectivity index (χ0v) is 15.8. The second-order valence-corrected chi connectivity index (χ2v) is 7.21. The number of nitrogens with zero attached hydrogens (tertiary/aromatic N) is 6. The third kappa shape index (κ3) is 3.60. The van der Waals surface area contributed by atoms with E-state index in [1.165, 1.54) is 0 Å². The van der Waals surface area contributed by atoms with Gasteiger partial charge in [0.1, 0.15) is 0 Å². The summed E-state index contributed by atoms with van der Waals surface area (Å²) in [6.45, 7) is 3.98. The van der Waals surface area contributed by atoms with Crippen LogP contribution in [0, 0.1) is 0 Å². The third-order valence-electron chi connectivity index (χ3n) is 4.97. The Kier molecular flexibility index (Phi) is 4.94. The summed E-state index contributed by atoms with van der Waals surface area (Å²) in [6.07, 6.45) is 5.74. The van der Waals surface area contributed by atoms with Crippen LogP contribution in [-0.2, 0) is 0 Å². The maximum Gasteiger partial charge on any atom is 0.341 e. The van der Waals surface area contributed by atoms with Gasteiger partial charge in [0.2, 0.25) is 5.95 Å². The van der Waals surface area contributed by atoms with Gasteiger partial charge in [0.05, 0.1) is 23.5 Å². The number of hydrazone groups is 1. The molecule has 2 unspecified atom stereocenters. The average Bonchev–Trinajstić information content (AvgIpc) is 3.18. The Hall–Kier alpha value is -2.67. The van der Waals surface area contributed by atoms with Gasteiger partial charge in [-0.25, -0.2) is 19.8 Å². The lowest BCUT2D eigenvalue weighted by Crippen LogP contribution is -2.57. The van der Waals surface area contributed by atoms with Gasteiger partial charge in [-0.05, 0) is 12.5 Å². The van der Waals surface area contributed by atoms with Crippen molar-refractivity contribution < 1.29 is 4.79 Å². The second kappa shape index (κ2) is 7.52. The van der Waals surface area contributed by atoms with Crippen LogP contribution < -0.4 is 4.90 Å². The summed E-state index contributed by atoms with van der Waals surface area (Å²) in [5.41, 5.74) is 1.10. The molecule has 3 heterocycles. The molecule has 8 heteroatoms. The molecule has 27 heavy (non-hydrogen) atoms.